The molecule has 14 nitrogen and oxygen atoms in total. The Bertz CT molecular complexity index is 1860. The molecule has 0 fully saturated rings. The maximum Gasteiger partial charge on any atom is 0.312 e. The van der Waals surface area contributed by atoms with Gasteiger partial charge in [-0.3, -0.25) is 19.2 Å². The number of carbonyl (C=O) groups excluding carboxylic acids is 4. The lowest BCUT2D eigenvalue weighted by Gasteiger charge is -2.38. The van der Waals surface area contributed by atoms with Crippen LogP contribution < -0.4 is 10.1 Å². The molecule has 2 aromatic rings. The Morgan fingerprint density at radius 2 is 1.60 bits per heavy atom. The molecule has 282 valence electrons. The van der Waals surface area contributed by atoms with Gasteiger partial charge in [-0.2, -0.15) is 0 Å². The molecule has 0 saturated carbocycles. The summed E-state index contributed by atoms with van der Waals surface area (Å²) in [6.45, 7) is 12.2. The molecule has 0 spiro atoms. The highest BCUT2D eigenvalue weighted by atomic mass is 16.7. The third-order valence-corrected chi connectivity index (χ3v) is 10.2. The van der Waals surface area contributed by atoms with Gasteiger partial charge in [0.05, 0.1) is 46.8 Å². The van der Waals surface area contributed by atoms with Crippen molar-refractivity contribution in [1.29, 1.82) is 0 Å². The standard InChI is InChI=1S/C38H47NO13/c1-16-11-10-12-17(2)37(48)39-28-23(15-40)32(45)25-26(33(28)46)31(44)21(6)35-27(25)36(47)38(8,52-35)50-14-13-24(49-9)18(3)34(51-22(7)41)20(5)30(43)19(4)29(16)42/h10-16,18-20,24,29-30,34,42-46H,1-9H3,(H,39,48)/b11-10+,14-13?,17-12?/t16-,18+,19+,20+,24-,29-,30+,34+,38-/m0/s1. The fourth-order valence-electron chi connectivity index (χ4n) is 6.86. The number of Topliss-reactive ketones (excluding diaryl/α,β-unsaturated/α-hetero) is 1. The number of esters is 1. The van der Waals surface area contributed by atoms with E-state index in [1.807, 2.05) is 0 Å². The third kappa shape index (κ3) is 7.10. The van der Waals surface area contributed by atoms with Crippen LogP contribution in [-0.2, 0) is 23.8 Å². The number of aliphatic hydroxyl groups is 2. The Labute approximate surface area is 301 Å². The van der Waals surface area contributed by atoms with Crippen LogP contribution in [0.15, 0.2) is 36.1 Å². The summed E-state index contributed by atoms with van der Waals surface area (Å²) in [5.41, 5.74) is -1.27. The van der Waals surface area contributed by atoms with E-state index in [9.17, 15) is 44.7 Å². The van der Waals surface area contributed by atoms with Gasteiger partial charge in [0.2, 0.25) is 0 Å². The van der Waals surface area contributed by atoms with Crippen LogP contribution in [0.25, 0.3) is 10.8 Å². The largest absolute Gasteiger partial charge is 0.507 e. The van der Waals surface area contributed by atoms with Gasteiger partial charge in [-0.05, 0) is 19.9 Å². The molecule has 0 unspecified atom stereocenters. The van der Waals surface area contributed by atoms with E-state index in [1.165, 1.54) is 53.0 Å². The molecule has 0 aliphatic carbocycles. The van der Waals surface area contributed by atoms with Gasteiger partial charge in [-0.25, -0.2) is 0 Å². The molecule has 0 saturated heterocycles. The summed E-state index contributed by atoms with van der Waals surface area (Å²) in [5, 5.41) is 58.2. The van der Waals surface area contributed by atoms with Gasteiger partial charge in [0, 0.05) is 61.2 Å². The van der Waals surface area contributed by atoms with E-state index < -0.39 is 111 Å². The molecular formula is C38H47NO13. The van der Waals surface area contributed by atoms with Crippen LogP contribution in [0.2, 0.25) is 0 Å². The van der Waals surface area contributed by atoms with Crippen LogP contribution >= 0.6 is 0 Å². The Morgan fingerprint density at radius 1 is 0.942 bits per heavy atom. The minimum atomic E-state index is -2.08. The third-order valence-electron chi connectivity index (χ3n) is 10.2. The number of fused-ring (bicyclic) bond motifs is 14. The maximum atomic E-state index is 14.0. The predicted octanol–water partition coefficient (Wildman–Crippen LogP) is 4.57. The van der Waals surface area contributed by atoms with Gasteiger partial charge >= 0.3 is 11.8 Å². The Hall–Kier alpha value is -4.92. The zero-order valence-corrected chi connectivity index (χ0v) is 30.6. The van der Waals surface area contributed by atoms with Gasteiger partial charge in [0.15, 0.2) is 12.0 Å². The van der Waals surface area contributed by atoms with Crippen LogP contribution in [0.4, 0.5) is 5.69 Å². The molecule has 5 rings (SSSR count). The van der Waals surface area contributed by atoms with Crippen molar-refractivity contribution in [1.82, 2.24) is 0 Å². The number of amides is 1. The molecule has 6 N–H and O–H groups in total. The van der Waals surface area contributed by atoms with E-state index in [4.69, 9.17) is 18.9 Å². The number of hydrogen-bond acceptors (Lipinski definition) is 13. The van der Waals surface area contributed by atoms with E-state index in [0.717, 1.165) is 6.26 Å². The van der Waals surface area contributed by atoms with E-state index in [1.54, 1.807) is 33.8 Å². The fraction of sp³-hybridized carbons (Fsp3) is 0.474. The number of rotatable bonds is 3. The molecule has 0 aromatic heterocycles. The molecule has 1 amide bonds. The first-order valence-corrected chi connectivity index (χ1v) is 16.9. The second-order valence-electron chi connectivity index (χ2n) is 13.7. The fourth-order valence-corrected chi connectivity index (χ4v) is 6.86. The average Bonchev–Trinajstić information content (AvgIpc) is 3.36. The number of anilines is 1. The average molecular weight is 726 g/mol. The van der Waals surface area contributed by atoms with Crippen molar-refractivity contribution in [2.45, 2.75) is 85.6 Å². The Morgan fingerprint density at radius 3 is 2.19 bits per heavy atom. The number of benzene rings is 2. The minimum absolute atomic E-state index is 0.00425. The SMILES string of the molecule is CO[C@H]1C=CO[C@@]2(C)Oc3c(C)c(O)c4c(O)c(c(C=O)c(O)c4c3C2=O)NC(=O)C(C)=C/C=C/[C@H](C)[C@H](O)[C@@H](C)[C@@H](O)[C@@H](C)[C@H](OC(C)=O)[C@@H]1C. The highest BCUT2D eigenvalue weighted by Crippen LogP contribution is 2.55. The van der Waals surface area contributed by atoms with Crippen molar-refractivity contribution in [3.8, 4) is 23.0 Å². The quantitative estimate of drug-likeness (QED) is 0.111. The first kappa shape index (κ1) is 39.9. The molecule has 9 atom stereocenters. The molecule has 14 heteroatoms. The van der Waals surface area contributed by atoms with Crippen molar-refractivity contribution in [3.05, 3.63) is 52.8 Å². The lowest BCUT2D eigenvalue weighted by atomic mass is 9.78. The number of carbonyl (C=O) groups is 4. The monoisotopic (exact) mass is 725 g/mol. The number of nitrogens with one attached hydrogen (secondary N) is 1. The molecule has 0 radical (unpaired) electrons. The van der Waals surface area contributed by atoms with Crippen LogP contribution in [0.1, 0.15) is 74.7 Å². The van der Waals surface area contributed by atoms with Crippen molar-refractivity contribution < 1.29 is 63.7 Å². The van der Waals surface area contributed by atoms with Crippen LogP contribution in [0, 0.1) is 30.6 Å². The van der Waals surface area contributed by atoms with Crippen LogP contribution in [-0.4, -0.2) is 86.8 Å². The zero-order chi connectivity index (χ0) is 39.0. The smallest absolute Gasteiger partial charge is 0.312 e. The second-order valence-corrected chi connectivity index (χ2v) is 13.7. The summed E-state index contributed by atoms with van der Waals surface area (Å²) in [6, 6.07) is 0. The van der Waals surface area contributed by atoms with Crippen molar-refractivity contribution in [2.24, 2.45) is 23.7 Å². The number of aldehydes is 1. The summed E-state index contributed by atoms with van der Waals surface area (Å²) < 4.78 is 23.1. The Balaban J connectivity index is 1.93. The molecular weight excluding hydrogens is 678 g/mol. The molecule has 5 bridgehead atoms. The van der Waals surface area contributed by atoms with Crippen molar-refractivity contribution in [2.75, 3.05) is 12.4 Å². The van der Waals surface area contributed by atoms with Crippen molar-refractivity contribution >= 4 is 40.4 Å². The second kappa shape index (κ2) is 15.4. The molecule has 3 aliphatic heterocycles. The molecule has 2 aromatic carbocycles. The number of hydrogen-bond donors (Lipinski definition) is 6. The summed E-state index contributed by atoms with van der Waals surface area (Å²) in [4.78, 5) is 51.8. The van der Waals surface area contributed by atoms with Gasteiger partial charge < -0.3 is 49.8 Å². The lowest BCUT2D eigenvalue weighted by molar-refractivity contribution is -0.160. The molecule has 3 aliphatic rings. The van der Waals surface area contributed by atoms with Gasteiger partial charge in [0.25, 0.3) is 11.7 Å². The molecule has 52 heavy (non-hydrogen) atoms. The highest BCUT2D eigenvalue weighted by Gasteiger charge is 2.50. The number of ether oxygens (including phenoxy) is 4. The topological polar surface area (TPSA) is 218 Å². The van der Waals surface area contributed by atoms with E-state index in [0.29, 0.717) is 0 Å². The number of allylic oxidation sites excluding steroid dienone is 2. The summed E-state index contributed by atoms with van der Waals surface area (Å²) >= 11 is 0. The first-order chi connectivity index (χ1) is 24.3. The summed E-state index contributed by atoms with van der Waals surface area (Å²) in [7, 11) is 1.41. The van der Waals surface area contributed by atoms with E-state index in [2.05, 4.69) is 5.32 Å². The van der Waals surface area contributed by atoms with Gasteiger partial charge in [0.1, 0.15) is 23.4 Å². The maximum absolute atomic E-state index is 14.0. The number of phenolic OH excluding ortho intramolecular Hbond substituents is 3. The highest BCUT2D eigenvalue weighted by molar-refractivity contribution is 6.23. The zero-order valence-electron chi connectivity index (χ0n) is 30.6. The van der Waals surface area contributed by atoms with Crippen LogP contribution in [0.3, 0.4) is 0 Å². The first-order valence-electron chi connectivity index (χ1n) is 16.9. The number of ketones is 1. The van der Waals surface area contributed by atoms with E-state index in [-0.39, 0.29) is 28.7 Å². The number of phenols is 3. The summed E-state index contributed by atoms with van der Waals surface area (Å²) in [5.74, 6) is -9.19. The van der Waals surface area contributed by atoms with Crippen LogP contribution in [0.5, 0.6) is 23.0 Å². The number of aliphatic hydroxyl groups excluding tert-OH is 2. The summed E-state index contributed by atoms with van der Waals surface area (Å²) in [6.07, 6.45) is 3.41. The number of methoxy groups -OCH3 is 1. The molecule has 3 heterocycles. The Kier molecular flexibility index (Phi) is 11.8. The lowest BCUT2D eigenvalue weighted by Crippen LogP contribution is -2.46. The van der Waals surface area contributed by atoms with E-state index >= 15 is 0 Å². The predicted molar refractivity (Wildman–Crippen MR) is 189 cm³/mol. The van der Waals surface area contributed by atoms with Crippen molar-refractivity contribution in [3.63, 3.8) is 0 Å². The normalized spacial score (nSPS) is 30.7. The van der Waals surface area contributed by atoms with Gasteiger partial charge in [-0.15, -0.1) is 0 Å². The minimum Gasteiger partial charge on any atom is -0.507 e. The van der Waals surface area contributed by atoms with Gasteiger partial charge in [-0.1, -0.05) is 45.9 Å². The number of aromatic hydroxyl groups is 3.